The van der Waals surface area contributed by atoms with E-state index in [4.69, 9.17) is 14.6 Å². The summed E-state index contributed by atoms with van der Waals surface area (Å²) < 4.78 is 10.8. The molecule has 0 radical (unpaired) electrons. The maximum absolute atomic E-state index is 12.0. The van der Waals surface area contributed by atoms with Crippen LogP contribution < -0.4 is 0 Å². The Bertz CT molecular complexity index is 249. The minimum atomic E-state index is -0.492. The molecule has 0 bridgehead atoms. The normalized spacial score (nSPS) is 22.1. The quantitative estimate of drug-likeness (QED) is 0.798. The molecule has 5 heteroatoms. The average Bonchev–Trinajstić information content (AvgIpc) is 2.41. The highest BCUT2D eigenvalue weighted by Crippen LogP contribution is 2.16. The van der Waals surface area contributed by atoms with Crippen LogP contribution >= 0.6 is 0 Å². The Morgan fingerprint density at radius 2 is 2.24 bits per heavy atom. The number of carbonyl (C=O) groups is 1. The highest BCUT2D eigenvalue weighted by molar-refractivity contribution is 5.68. The largest absolute Gasteiger partial charge is 0.444 e. The topological polar surface area (TPSA) is 59.0 Å². The van der Waals surface area contributed by atoms with Gasteiger partial charge in [-0.2, -0.15) is 0 Å². The van der Waals surface area contributed by atoms with Crippen LogP contribution in [0.4, 0.5) is 4.79 Å². The number of carbonyl (C=O) groups excluding carboxylic acids is 1. The maximum atomic E-state index is 12.0. The van der Waals surface area contributed by atoms with Gasteiger partial charge in [-0.15, -0.1) is 0 Å². The lowest BCUT2D eigenvalue weighted by Gasteiger charge is -2.31. The van der Waals surface area contributed by atoms with E-state index in [-0.39, 0.29) is 18.7 Å². The molecule has 0 spiro atoms. The Balaban J connectivity index is 2.64. The van der Waals surface area contributed by atoms with Crippen molar-refractivity contribution in [3.05, 3.63) is 0 Å². The number of aliphatic hydroxyl groups excluding tert-OH is 1. The van der Waals surface area contributed by atoms with Crippen LogP contribution in [0.1, 0.15) is 33.6 Å². The lowest BCUT2D eigenvalue weighted by molar-refractivity contribution is 0.00912. The number of hydrogen-bond donors (Lipinski definition) is 1. The minimum absolute atomic E-state index is 0.0489. The van der Waals surface area contributed by atoms with Crippen molar-refractivity contribution in [3.8, 4) is 0 Å². The van der Waals surface area contributed by atoms with Crippen molar-refractivity contribution in [2.24, 2.45) is 0 Å². The summed E-state index contributed by atoms with van der Waals surface area (Å²) in [5.74, 6) is 0. The molecule has 1 fully saturated rings. The van der Waals surface area contributed by atoms with Crippen LogP contribution in [0, 0.1) is 0 Å². The van der Waals surface area contributed by atoms with Crippen LogP contribution in [0.2, 0.25) is 0 Å². The first kappa shape index (κ1) is 14.3. The second kappa shape index (κ2) is 6.21. The molecule has 0 saturated carbocycles. The number of amides is 1. The number of nitrogens with zero attached hydrogens (tertiary/aromatic N) is 1. The fourth-order valence-electron chi connectivity index (χ4n) is 1.78. The molecule has 0 aromatic carbocycles. The minimum Gasteiger partial charge on any atom is -0.444 e. The smallest absolute Gasteiger partial charge is 0.410 e. The average molecular weight is 245 g/mol. The van der Waals surface area contributed by atoms with Crippen LogP contribution in [0.15, 0.2) is 0 Å². The monoisotopic (exact) mass is 245 g/mol. The van der Waals surface area contributed by atoms with E-state index < -0.39 is 5.60 Å². The highest BCUT2D eigenvalue weighted by Gasteiger charge is 2.29. The van der Waals surface area contributed by atoms with Crippen LogP contribution in [0.5, 0.6) is 0 Å². The molecule has 17 heavy (non-hydrogen) atoms. The summed E-state index contributed by atoms with van der Waals surface area (Å²) in [5.41, 5.74) is -0.492. The lowest BCUT2D eigenvalue weighted by Crippen LogP contribution is -2.45. The van der Waals surface area contributed by atoms with E-state index in [0.29, 0.717) is 26.2 Å². The predicted molar refractivity (Wildman–Crippen MR) is 63.9 cm³/mol. The molecule has 1 rings (SSSR count). The van der Waals surface area contributed by atoms with Gasteiger partial charge >= 0.3 is 6.09 Å². The Morgan fingerprint density at radius 3 is 2.82 bits per heavy atom. The van der Waals surface area contributed by atoms with Crippen molar-refractivity contribution in [2.75, 3.05) is 26.4 Å². The molecule has 1 saturated heterocycles. The maximum Gasteiger partial charge on any atom is 0.410 e. The first-order chi connectivity index (χ1) is 7.94. The van der Waals surface area contributed by atoms with Gasteiger partial charge in [0.05, 0.1) is 12.6 Å². The van der Waals surface area contributed by atoms with Gasteiger partial charge in [0.2, 0.25) is 0 Å². The van der Waals surface area contributed by atoms with Crippen molar-refractivity contribution in [1.82, 2.24) is 4.90 Å². The molecule has 100 valence electrons. The molecule has 0 aromatic rings. The molecule has 0 aromatic heterocycles. The Hall–Kier alpha value is -0.810. The van der Waals surface area contributed by atoms with E-state index in [9.17, 15) is 4.79 Å². The first-order valence-electron chi connectivity index (χ1n) is 6.12. The van der Waals surface area contributed by atoms with E-state index in [1.165, 1.54) is 0 Å². The van der Waals surface area contributed by atoms with Gasteiger partial charge in [0, 0.05) is 19.8 Å². The summed E-state index contributed by atoms with van der Waals surface area (Å²) in [6.45, 7) is 7.34. The van der Waals surface area contributed by atoms with Gasteiger partial charge in [-0.25, -0.2) is 4.79 Å². The molecule has 1 N–H and O–H groups in total. The van der Waals surface area contributed by atoms with Gasteiger partial charge in [-0.05, 0) is 33.6 Å². The van der Waals surface area contributed by atoms with Crippen molar-refractivity contribution in [3.63, 3.8) is 0 Å². The standard InChI is InChI=1S/C12H23NO4/c1-12(2,3)17-11(15)13-6-4-8-16-9-10(13)5-7-14/h10,14H,4-9H2,1-3H3/t10-/m1/s1. The SMILES string of the molecule is CC(C)(C)OC(=O)N1CCCOC[C@H]1CCO. The molecular weight excluding hydrogens is 222 g/mol. The molecule has 1 aliphatic rings. The summed E-state index contributed by atoms with van der Waals surface area (Å²) in [4.78, 5) is 13.7. The number of rotatable bonds is 2. The molecule has 1 atom stereocenters. The summed E-state index contributed by atoms with van der Waals surface area (Å²) in [6, 6.07) is -0.0858. The molecule has 0 aliphatic carbocycles. The van der Waals surface area contributed by atoms with Gasteiger partial charge in [-0.3, -0.25) is 0 Å². The van der Waals surface area contributed by atoms with Gasteiger partial charge in [0.1, 0.15) is 5.60 Å². The number of hydrogen-bond acceptors (Lipinski definition) is 4. The van der Waals surface area contributed by atoms with E-state index in [2.05, 4.69) is 0 Å². The molecular formula is C12H23NO4. The summed E-state index contributed by atoms with van der Waals surface area (Å²) in [6.07, 6.45) is 1.02. The van der Waals surface area contributed by atoms with Gasteiger partial charge < -0.3 is 19.5 Å². The zero-order chi connectivity index (χ0) is 12.9. The van der Waals surface area contributed by atoms with E-state index in [1.807, 2.05) is 20.8 Å². The van der Waals surface area contributed by atoms with E-state index in [0.717, 1.165) is 6.42 Å². The third kappa shape index (κ3) is 4.91. The number of ether oxygens (including phenoxy) is 2. The van der Waals surface area contributed by atoms with Crippen molar-refractivity contribution >= 4 is 6.09 Å². The predicted octanol–water partition coefficient (Wildman–Crippen LogP) is 1.39. The fourth-order valence-corrected chi connectivity index (χ4v) is 1.78. The third-order valence-corrected chi connectivity index (χ3v) is 2.53. The van der Waals surface area contributed by atoms with Crippen LogP contribution in [-0.2, 0) is 9.47 Å². The summed E-state index contributed by atoms with van der Waals surface area (Å²) in [5, 5.41) is 9.01. The third-order valence-electron chi connectivity index (χ3n) is 2.53. The second-order valence-corrected chi connectivity index (χ2v) is 5.27. The Labute approximate surface area is 103 Å². The summed E-state index contributed by atoms with van der Waals surface area (Å²) in [7, 11) is 0. The van der Waals surface area contributed by atoms with Gasteiger partial charge in [0.25, 0.3) is 0 Å². The first-order valence-corrected chi connectivity index (χ1v) is 6.12. The van der Waals surface area contributed by atoms with Crippen molar-refractivity contribution in [1.29, 1.82) is 0 Å². The van der Waals surface area contributed by atoms with Crippen LogP contribution in [0.3, 0.4) is 0 Å². The van der Waals surface area contributed by atoms with Gasteiger partial charge in [-0.1, -0.05) is 0 Å². The van der Waals surface area contributed by atoms with Crippen molar-refractivity contribution < 1.29 is 19.4 Å². The van der Waals surface area contributed by atoms with E-state index in [1.54, 1.807) is 4.90 Å². The molecule has 1 amide bonds. The zero-order valence-corrected chi connectivity index (χ0v) is 10.9. The molecule has 5 nitrogen and oxygen atoms in total. The Kier molecular flexibility index (Phi) is 5.21. The molecule has 1 aliphatic heterocycles. The fraction of sp³-hybridized carbons (Fsp3) is 0.917. The van der Waals surface area contributed by atoms with Crippen LogP contribution in [-0.4, -0.2) is 54.1 Å². The summed E-state index contributed by atoms with van der Waals surface area (Å²) >= 11 is 0. The highest BCUT2D eigenvalue weighted by atomic mass is 16.6. The van der Waals surface area contributed by atoms with E-state index >= 15 is 0 Å². The second-order valence-electron chi connectivity index (χ2n) is 5.27. The lowest BCUT2D eigenvalue weighted by atomic mass is 10.2. The number of aliphatic hydroxyl groups is 1. The van der Waals surface area contributed by atoms with Gasteiger partial charge in [0.15, 0.2) is 0 Å². The zero-order valence-electron chi connectivity index (χ0n) is 10.9. The molecule has 1 heterocycles. The molecule has 0 unspecified atom stereocenters. The van der Waals surface area contributed by atoms with Crippen molar-refractivity contribution in [2.45, 2.75) is 45.3 Å². The Morgan fingerprint density at radius 1 is 1.53 bits per heavy atom. The van der Waals surface area contributed by atoms with Crippen LogP contribution in [0.25, 0.3) is 0 Å².